The van der Waals surface area contributed by atoms with Crippen LogP contribution in [0.4, 0.5) is 0 Å². The van der Waals surface area contributed by atoms with E-state index in [1.54, 1.807) is 25.8 Å². The largest absolute Gasteiger partial charge is 0.460 e. The molecule has 4 saturated heterocycles. The van der Waals surface area contributed by atoms with Gasteiger partial charge in [-0.1, -0.05) is 75.9 Å². The maximum atomic E-state index is 14.8. The van der Waals surface area contributed by atoms with Crippen molar-refractivity contribution in [3.05, 3.63) is 41.5 Å². The second-order valence-corrected chi connectivity index (χ2v) is 19.2. The van der Waals surface area contributed by atoms with E-state index in [0.717, 1.165) is 68.9 Å². The van der Waals surface area contributed by atoms with Crippen LogP contribution in [-0.4, -0.2) is 107 Å². The number of carbonyl (C=O) groups is 4. The summed E-state index contributed by atoms with van der Waals surface area (Å²) >= 11 is 0. The molecule has 10 atom stereocenters. The Hall–Kier alpha value is -3.40. The van der Waals surface area contributed by atoms with Crippen molar-refractivity contribution in [2.24, 2.45) is 11.3 Å². The van der Waals surface area contributed by atoms with Gasteiger partial charge in [-0.3, -0.25) is 24.0 Å². The van der Waals surface area contributed by atoms with E-state index < -0.39 is 77.1 Å². The Kier molecular flexibility index (Phi) is 14.6. The van der Waals surface area contributed by atoms with E-state index in [0.29, 0.717) is 31.0 Å². The third-order valence-electron chi connectivity index (χ3n) is 13.3. The normalized spacial score (nSPS) is 31.5. The number of hydrogen-bond acceptors (Lipinski definition) is 12. The van der Waals surface area contributed by atoms with Crippen LogP contribution < -0.4 is 10.6 Å². The van der Waals surface area contributed by atoms with Crippen molar-refractivity contribution in [1.29, 1.82) is 0 Å². The van der Waals surface area contributed by atoms with Gasteiger partial charge in [-0.25, -0.2) is 0 Å². The van der Waals surface area contributed by atoms with Gasteiger partial charge in [0.05, 0.1) is 31.4 Å². The number of unbranched alkanes of at least 4 members (excludes halogenated alkanes) is 4. The smallest absolute Gasteiger partial charge is 0.327 e. The number of nitrogens with one attached hydrogen (secondary N) is 2. The first-order valence-electron chi connectivity index (χ1n) is 23.1. The number of hydrogen-bond donors (Lipinski definition) is 3. The van der Waals surface area contributed by atoms with Crippen LogP contribution >= 0.6 is 0 Å². The molecular weight excluding hydrogens is 783 g/mol. The molecule has 2 bridgehead atoms. The zero-order chi connectivity index (χ0) is 43.4. The molecule has 1 aromatic carbocycles. The number of hydroxylamine groups is 2. The number of allylic oxidation sites excluding steroid dienone is 1. The number of fused-ring (bicyclic) bond motifs is 5. The second kappa shape index (κ2) is 19.6. The van der Waals surface area contributed by atoms with Gasteiger partial charge in [-0.15, -0.1) is 0 Å². The molecule has 6 aliphatic rings. The number of ether oxygens (including phenoxy) is 5. The fourth-order valence-electron chi connectivity index (χ4n) is 10.1. The van der Waals surface area contributed by atoms with Crippen molar-refractivity contribution in [2.45, 2.75) is 198 Å². The van der Waals surface area contributed by atoms with Crippen LogP contribution in [0.2, 0.25) is 0 Å². The zero-order valence-electron chi connectivity index (χ0n) is 36.9. The van der Waals surface area contributed by atoms with Crippen LogP contribution in [0.3, 0.4) is 0 Å². The van der Waals surface area contributed by atoms with Crippen molar-refractivity contribution < 1.29 is 52.8 Å². The van der Waals surface area contributed by atoms with Crippen molar-refractivity contribution in [1.82, 2.24) is 15.7 Å². The lowest BCUT2D eigenvalue weighted by molar-refractivity contribution is -0.224. The molecule has 1 aromatic rings. The second-order valence-electron chi connectivity index (χ2n) is 19.2. The van der Waals surface area contributed by atoms with Gasteiger partial charge in [-0.2, -0.15) is 5.06 Å². The lowest BCUT2D eigenvalue weighted by Crippen LogP contribution is -2.69. The Balaban J connectivity index is 1.07. The molecule has 14 nitrogen and oxygen atoms in total. The first-order valence-corrected chi connectivity index (χ1v) is 23.1. The first-order chi connectivity index (χ1) is 29.3. The van der Waals surface area contributed by atoms with Crippen LogP contribution in [-0.2, 0) is 54.2 Å². The Morgan fingerprint density at radius 1 is 0.967 bits per heavy atom. The fraction of sp³-hybridized carbons (Fsp3) is 0.745. The van der Waals surface area contributed by atoms with Crippen LogP contribution in [0.5, 0.6) is 0 Å². The molecule has 338 valence electrons. The van der Waals surface area contributed by atoms with Crippen LogP contribution in [0, 0.1) is 11.3 Å². The highest BCUT2D eigenvalue weighted by Gasteiger charge is 2.76. The number of amides is 2. The van der Waals surface area contributed by atoms with Gasteiger partial charge in [0.15, 0.2) is 11.8 Å². The van der Waals surface area contributed by atoms with Gasteiger partial charge >= 0.3 is 11.9 Å². The van der Waals surface area contributed by atoms with E-state index in [1.165, 1.54) is 0 Å². The molecule has 2 saturated carbocycles. The molecule has 3 N–H and O–H groups in total. The minimum atomic E-state index is -1.38. The lowest BCUT2D eigenvalue weighted by Gasteiger charge is -2.48. The molecule has 2 amide bonds. The van der Waals surface area contributed by atoms with Crippen LogP contribution in [0.15, 0.2) is 30.3 Å². The maximum absolute atomic E-state index is 14.8. The van der Waals surface area contributed by atoms with E-state index in [-0.39, 0.29) is 45.4 Å². The predicted molar refractivity (Wildman–Crippen MR) is 225 cm³/mol. The van der Waals surface area contributed by atoms with Crippen molar-refractivity contribution in [2.75, 3.05) is 13.2 Å². The molecular formula is C47H69N3O11. The van der Waals surface area contributed by atoms with Gasteiger partial charge in [-0.05, 0) is 76.3 Å². The highest BCUT2D eigenvalue weighted by molar-refractivity contribution is 5.94. The monoisotopic (exact) mass is 851 g/mol. The summed E-state index contributed by atoms with van der Waals surface area (Å²) < 4.78 is 31.1. The molecule has 7 rings (SSSR count). The minimum absolute atomic E-state index is 0.0245. The number of benzene rings is 1. The van der Waals surface area contributed by atoms with E-state index in [1.807, 2.05) is 12.1 Å². The fourth-order valence-corrected chi connectivity index (χ4v) is 10.1. The van der Waals surface area contributed by atoms with Crippen molar-refractivity contribution in [3.8, 4) is 0 Å². The number of carbonyl (C=O) groups excluding carboxylic acids is 4. The molecule has 2 aliphatic carbocycles. The quantitative estimate of drug-likeness (QED) is 0.0771. The minimum Gasteiger partial charge on any atom is -0.460 e. The number of aliphatic hydroxyl groups is 1. The van der Waals surface area contributed by atoms with Crippen LogP contribution in [0.1, 0.15) is 142 Å². The number of aliphatic hydroxyl groups excluding tert-OH is 1. The summed E-state index contributed by atoms with van der Waals surface area (Å²) in [6, 6.07) is 6.43. The van der Waals surface area contributed by atoms with Gasteiger partial charge < -0.3 is 39.4 Å². The van der Waals surface area contributed by atoms with Crippen molar-refractivity contribution >= 4 is 29.8 Å². The summed E-state index contributed by atoms with van der Waals surface area (Å²) in [5.41, 5.74) is -0.0325. The number of nitrogens with zero attached hydrogens (tertiary/aromatic N) is 1. The summed E-state index contributed by atoms with van der Waals surface area (Å²) in [5.74, 6) is -2.14. The Morgan fingerprint density at radius 2 is 1.69 bits per heavy atom. The molecule has 0 spiro atoms. The Labute approximate surface area is 361 Å². The lowest BCUT2D eigenvalue weighted by atomic mass is 9.62. The van der Waals surface area contributed by atoms with Gasteiger partial charge in [0.25, 0.3) is 0 Å². The predicted octanol–water partition coefficient (Wildman–Crippen LogP) is 5.81. The standard InChI is InChI=1S/C47H69N3O11/c1-6-8-10-23-46(24-11-9-7-2)59-39-36-27-47(44(55)48-25-22-37(52)49-33(29-51)19-21-38(53)58-45(3,4)5)41(43(54)57-36)50(61-42(47)40(39)60-46)28-32-16-13-30(14-17-32)12-15-31-18-20-34-35(26-31)56-34/h12-17,31,33-36,39-42,51H,6-11,18-29H2,1-5H3,(H,48,55)(H,49,52)/t31?,33-,34?,35?,36?,39-,40-,41-,42+,47?/m0/s1. The summed E-state index contributed by atoms with van der Waals surface area (Å²) in [6.45, 7) is 9.50. The summed E-state index contributed by atoms with van der Waals surface area (Å²) in [6.07, 6.45) is 13.5. The van der Waals surface area contributed by atoms with Gasteiger partial charge in [0.1, 0.15) is 35.4 Å². The molecule has 4 aliphatic heterocycles. The molecule has 61 heavy (non-hydrogen) atoms. The van der Waals surface area contributed by atoms with Crippen molar-refractivity contribution in [3.63, 3.8) is 0 Å². The van der Waals surface area contributed by atoms with E-state index in [9.17, 15) is 24.3 Å². The summed E-state index contributed by atoms with van der Waals surface area (Å²) in [5, 5.41) is 17.3. The van der Waals surface area contributed by atoms with E-state index in [4.69, 9.17) is 28.5 Å². The van der Waals surface area contributed by atoms with Gasteiger partial charge in [0.2, 0.25) is 11.8 Å². The average Bonchev–Trinajstić information content (AvgIpc) is 3.77. The molecule has 0 aromatic heterocycles. The summed E-state index contributed by atoms with van der Waals surface area (Å²) in [4.78, 5) is 61.1. The number of epoxide rings is 1. The molecule has 0 radical (unpaired) electrons. The summed E-state index contributed by atoms with van der Waals surface area (Å²) in [7, 11) is 0. The Morgan fingerprint density at radius 3 is 2.36 bits per heavy atom. The molecule has 4 heterocycles. The third-order valence-corrected chi connectivity index (χ3v) is 13.3. The molecule has 6 fully saturated rings. The Bertz CT molecular complexity index is 1720. The molecule has 5 unspecified atom stereocenters. The third kappa shape index (κ3) is 10.7. The topological polar surface area (TPSA) is 174 Å². The van der Waals surface area contributed by atoms with Gasteiger partial charge in [0, 0.05) is 38.6 Å². The van der Waals surface area contributed by atoms with E-state index >= 15 is 0 Å². The highest BCUT2D eigenvalue weighted by Crippen LogP contribution is 2.58. The SMILES string of the molecule is CCCCCC1(CCCCC)O[C@@H]2[C@H]3ON(Cc4ccc(C=CC5CCC6OC6C5)cc4)[C@H]4C(=O)OC(CC34C(=O)NCCC(=O)N[C@H](CO)CCC(=O)OC(C)(C)C)[C@@H]2O1. The zero-order valence-corrected chi connectivity index (χ0v) is 36.9. The molecule has 14 heteroatoms. The number of rotatable bonds is 21. The first kappa shape index (κ1) is 45.6. The van der Waals surface area contributed by atoms with E-state index in [2.05, 4.69) is 48.8 Å². The maximum Gasteiger partial charge on any atom is 0.327 e. The highest BCUT2D eigenvalue weighted by atomic mass is 16.8. The average molecular weight is 852 g/mol. The van der Waals surface area contributed by atoms with Crippen LogP contribution in [0.25, 0.3) is 6.08 Å². The number of esters is 2.